The first kappa shape index (κ1) is 13.9. The number of hydrogen-bond donors (Lipinski definition) is 2. The van der Waals surface area contributed by atoms with Gasteiger partial charge in [-0.05, 0) is 54.9 Å². The van der Waals surface area contributed by atoms with Crippen molar-refractivity contribution >= 4 is 10.9 Å². The summed E-state index contributed by atoms with van der Waals surface area (Å²) in [6, 6.07) is 6.47. The van der Waals surface area contributed by atoms with Gasteiger partial charge in [0.05, 0.1) is 0 Å². The molecular formula is C20H26N2O. The molecule has 2 saturated heterocycles. The molecule has 1 saturated carbocycles. The van der Waals surface area contributed by atoms with Crippen LogP contribution in [0.25, 0.3) is 10.9 Å². The molecule has 4 aliphatic rings. The Labute approximate surface area is 137 Å². The van der Waals surface area contributed by atoms with Gasteiger partial charge in [-0.25, -0.2) is 0 Å². The molecule has 4 heterocycles. The Bertz CT molecular complexity index is 779. The summed E-state index contributed by atoms with van der Waals surface area (Å²) in [4.78, 5) is 6.56. The van der Waals surface area contributed by atoms with Crippen LogP contribution in [0.15, 0.2) is 18.2 Å². The number of hydrogen-bond acceptors (Lipinski definition) is 2. The van der Waals surface area contributed by atoms with Gasteiger partial charge in [0.1, 0.15) is 5.75 Å². The lowest BCUT2D eigenvalue weighted by atomic mass is 9.57. The third kappa shape index (κ3) is 1.74. The van der Waals surface area contributed by atoms with Crippen LogP contribution in [0.5, 0.6) is 5.75 Å². The largest absolute Gasteiger partial charge is 0.508 e. The van der Waals surface area contributed by atoms with E-state index in [1.165, 1.54) is 54.5 Å². The molecule has 1 aromatic heterocycles. The normalized spacial score (nSPS) is 38.5. The van der Waals surface area contributed by atoms with Crippen LogP contribution in [0.4, 0.5) is 0 Å². The zero-order valence-electron chi connectivity index (χ0n) is 14.1. The molecule has 0 spiro atoms. The summed E-state index contributed by atoms with van der Waals surface area (Å²) < 4.78 is 0. The van der Waals surface area contributed by atoms with Gasteiger partial charge in [-0.3, -0.25) is 4.90 Å². The number of piperidine rings is 2. The minimum Gasteiger partial charge on any atom is -0.508 e. The second-order valence-corrected chi connectivity index (χ2v) is 8.29. The SMILES string of the molecule is CC[C@H]1CC2CN3CCc4c([nH]c5ccc(O)cc45)[C@@](C)(C2)C13. The Kier molecular flexibility index (Phi) is 2.74. The molecule has 3 unspecified atom stereocenters. The summed E-state index contributed by atoms with van der Waals surface area (Å²) in [6.45, 7) is 7.33. The highest BCUT2D eigenvalue weighted by molar-refractivity contribution is 5.86. The molecule has 2 N–H and O–H groups in total. The Morgan fingerprint density at radius 1 is 1.39 bits per heavy atom. The molecule has 3 fully saturated rings. The molecule has 1 aromatic carbocycles. The van der Waals surface area contributed by atoms with E-state index in [4.69, 9.17) is 0 Å². The second-order valence-electron chi connectivity index (χ2n) is 8.29. The van der Waals surface area contributed by atoms with Gasteiger partial charge >= 0.3 is 0 Å². The number of aromatic hydroxyl groups is 1. The van der Waals surface area contributed by atoms with Crippen molar-refractivity contribution in [3.8, 4) is 5.75 Å². The number of phenolic OH excluding ortho intramolecular Hbond substituents is 1. The molecule has 3 heteroatoms. The number of aromatic nitrogens is 1. The number of benzene rings is 1. The number of H-pyrrole nitrogens is 1. The van der Waals surface area contributed by atoms with Gasteiger partial charge in [0, 0.05) is 41.1 Å². The predicted molar refractivity (Wildman–Crippen MR) is 92.9 cm³/mol. The highest BCUT2D eigenvalue weighted by Crippen LogP contribution is 2.54. The van der Waals surface area contributed by atoms with Crippen molar-refractivity contribution in [2.45, 2.75) is 51.0 Å². The smallest absolute Gasteiger partial charge is 0.116 e. The summed E-state index contributed by atoms with van der Waals surface area (Å²) in [6.07, 6.45) is 5.14. The fourth-order valence-corrected chi connectivity index (χ4v) is 6.27. The van der Waals surface area contributed by atoms with E-state index >= 15 is 0 Å². The van der Waals surface area contributed by atoms with Crippen LogP contribution >= 0.6 is 0 Å². The summed E-state index contributed by atoms with van der Waals surface area (Å²) in [5.41, 5.74) is 4.36. The lowest BCUT2D eigenvalue weighted by molar-refractivity contribution is -0.0522. The van der Waals surface area contributed by atoms with Gasteiger partial charge in [-0.1, -0.05) is 20.3 Å². The first-order chi connectivity index (χ1) is 11.1. The van der Waals surface area contributed by atoms with Gasteiger partial charge in [0.15, 0.2) is 0 Å². The Balaban J connectivity index is 1.75. The minimum atomic E-state index is 0.238. The molecule has 23 heavy (non-hydrogen) atoms. The summed E-state index contributed by atoms with van der Waals surface area (Å²) in [5.74, 6) is 2.06. The molecule has 1 aliphatic carbocycles. The monoisotopic (exact) mass is 310 g/mol. The fraction of sp³-hybridized carbons (Fsp3) is 0.600. The Hall–Kier alpha value is -1.48. The van der Waals surface area contributed by atoms with E-state index in [0.29, 0.717) is 11.8 Å². The number of aromatic amines is 1. The standard InChI is InChI=1S/C20H26N2O/c1-3-13-8-12-10-20(2)18-15(6-7-22(11-12)19(13)20)16-9-14(23)4-5-17(16)21-18/h4-5,9,12-13,19,21,23H,3,6-8,10-11H2,1-2H3/t12?,13-,19?,20+/m0/s1. The van der Waals surface area contributed by atoms with Crippen molar-refractivity contribution < 1.29 is 5.11 Å². The van der Waals surface area contributed by atoms with Gasteiger partial charge in [0.25, 0.3) is 0 Å². The van der Waals surface area contributed by atoms with E-state index in [1.807, 2.05) is 12.1 Å². The third-order valence-corrected chi connectivity index (χ3v) is 6.97. The van der Waals surface area contributed by atoms with Crippen molar-refractivity contribution in [2.75, 3.05) is 13.1 Å². The van der Waals surface area contributed by atoms with Crippen molar-refractivity contribution in [3.63, 3.8) is 0 Å². The highest BCUT2D eigenvalue weighted by atomic mass is 16.3. The maximum absolute atomic E-state index is 9.93. The van der Waals surface area contributed by atoms with Crippen LogP contribution < -0.4 is 0 Å². The predicted octanol–water partition coefficient (Wildman–Crippen LogP) is 3.81. The number of rotatable bonds is 1. The molecule has 0 amide bonds. The van der Waals surface area contributed by atoms with E-state index in [2.05, 4.69) is 23.7 Å². The fourth-order valence-electron chi connectivity index (χ4n) is 6.27. The summed E-state index contributed by atoms with van der Waals surface area (Å²) in [5, 5.41) is 11.2. The van der Waals surface area contributed by atoms with Crippen LogP contribution in [0, 0.1) is 11.8 Å². The molecule has 3 nitrogen and oxygen atoms in total. The Morgan fingerprint density at radius 2 is 2.26 bits per heavy atom. The van der Waals surface area contributed by atoms with E-state index in [9.17, 15) is 5.11 Å². The van der Waals surface area contributed by atoms with Crippen LogP contribution in [-0.2, 0) is 11.8 Å². The van der Waals surface area contributed by atoms with Crippen LogP contribution in [0.3, 0.4) is 0 Å². The van der Waals surface area contributed by atoms with E-state index in [1.54, 1.807) is 6.07 Å². The van der Waals surface area contributed by atoms with Crippen molar-refractivity contribution in [1.82, 2.24) is 9.88 Å². The van der Waals surface area contributed by atoms with E-state index < -0.39 is 0 Å². The van der Waals surface area contributed by atoms with Crippen molar-refractivity contribution in [1.29, 1.82) is 0 Å². The maximum Gasteiger partial charge on any atom is 0.116 e. The van der Waals surface area contributed by atoms with Gasteiger partial charge in [-0.2, -0.15) is 0 Å². The van der Waals surface area contributed by atoms with Crippen molar-refractivity contribution in [3.05, 3.63) is 29.5 Å². The summed E-state index contributed by atoms with van der Waals surface area (Å²) >= 11 is 0. The first-order valence-corrected chi connectivity index (χ1v) is 9.18. The lowest BCUT2D eigenvalue weighted by Crippen LogP contribution is -2.63. The van der Waals surface area contributed by atoms with E-state index in [0.717, 1.165) is 18.3 Å². The molecule has 5 atom stereocenters. The summed E-state index contributed by atoms with van der Waals surface area (Å²) in [7, 11) is 0. The minimum absolute atomic E-state index is 0.238. The molecular weight excluding hydrogens is 284 g/mol. The molecule has 0 radical (unpaired) electrons. The van der Waals surface area contributed by atoms with Crippen LogP contribution in [0.2, 0.25) is 0 Å². The van der Waals surface area contributed by atoms with Gasteiger partial charge < -0.3 is 10.1 Å². The van der Waals surface area contributed by atoms with Gasteiger partial charge in [0.2, 0.25) is 0 Å². The molecule has 2 aromatic rings. The zero-order chi connectivity index (χ0) is 15.8. The molecule has 3 aliphatic heterocycles. The van der Waals surface area contributed by atoms with Crippen LogP contribution in [0.1, 0.15) is 44.4 Å². The molecule has 4 bridgehead atoms. The lowest BCUT2D eigenvalue weighted by Gasteiger charge is -2.58. The maximum atomic E-state index is 9.93. The highest BCUT2D eigenvalue weighted by Gasteiger charge is 2.55. The topological polar surface area (TPSA) is 39.3 Å². The zero-order valence-corrected chi connectivity index (χ0v) is 14.1. The Morgan fingerprint density at radius 3 is 3.09 bits per heavy atom. The van der Waals surface area contributed by atoms with E-state index in [-0.39, 0.29) is 5.41 Å². The molecule has 6 rings (SSSR count). The average molecular weight is 310 g/mol. The quantitative estimate of drug-likeness (QED) is 0.841. The number of phenols is 1. The van der Waals surface area contributed by atoms with Gasteiger partial charge in [-0.15, -0.1) is 0 Å². The average Bonchev–Trinajstić information content (AvgIpc) is 2.87. The number of nitrogens with one attached hydrogen (secondary N) is 1. The number of nitrogens with zero attached hydrogens (tertiary/aromatic N) is 1. The third-order valence-electron chi connectivity index (χ3n) is 6.97. The molecule has 122 valence electrons. The second kappa shape index (κ2) is 4.54. The van der Waals surface area contributed by atoms with Crippen molar-refractivity contribution in [2.24, 2.45) is 11.8 Å². The van der Waals surface area contributed by atoms with Crippen LogP contribution in [-0.4, -0.2) is 34.1 Å². The first-order valence-electron chi connectivity index (χ1n) is 9.18. The number of fused-ring (bicyclic) bond motifs is 4.